The molecular formula is C18H23NO3. The normalized spacial score (nSPS) is 16.8. The third-order valence-electron chi connectivity index (χ3n) is 4.62. The largest absolute Gasteiger partial charge is 0.507 e. The van der Waals surface area contributed by atoms with Crippen LogP contribution >= 0.6 is 0 Å². The predicted octanol–water partition coefficient (Wildman–Crippen LogP) is 3.49. The van der Waals surface area contributed by atoms with Crippen LogP contribution in [0.4, 0.5) is 0 Å². The predicted molar refractivity (Wildman–Crippen MR) is 87.4 cm³/mol. The number of nitrogens with zero attached hydrogens (tertiary/aromatic N) is 1. The Hall–Kier alpha value is -1.81. The van der Waals surface area contributed by atoms with E-state index in [1.165, 1.54) is 31.7 Å². The molecule has 0 amide bonds. The molecule has 1 aliphatic heterocycles. The van der Waals surface area contributed by atoms with E-state index in [-0.39, 0.29) is 11.4 Å². The van der Waals surface area contributed by atoms with Crippen LogP contribution in [0.5, 0.6) is 5.75 Å². The van der Waals surface area contributed by atoms with Crippen LogP contribution in [0.25, 0.3) is 11.0 Å². The molecule has 2 heterocycles. The van der Waals surface area contributed by atoms with E-state index < -0.39 is 0 Å². The first kappa shape index (κ1) is 15.1. The fraction of sp³-hybridized carbons (Fsp3) is 0.500. The lowest BCUT2D eigenvalue weighted by Gasteiger charge is -2.21. The summed E-state index contributed by atoms with van der Waals surface area (Å²) in [6.07, 6.45) is 5.04. The molecule has 118 valence electrons. The summed E-state index contributed by atoms with van der Waals surface area (Å²) in [6, 6.07) is 3.48. The van der Waals surface area contributed by atoms with E-state index in [2.05, 4.69) is 4.90 Å². The van der Waals surface area contributed by atoms with Gasteiger partial charge in [0.25, 0.3) is 0 Å². The van der Waals surface area contributed by atoms with Gasteiger partial charge < -0.3 is 9.52 Å². The third kappa shape index (κ3) is 2.88. The molecule has 1 aliphatic rings. The Labute approximate surface area is 130 Å². The number of phenolic OH excluding ortho intramolecular Hbond substituents is 1. The maximum atomic E-state index is 11.6. The molecule has 1 saturated heterocycles. The number of benzene rings is 1. The Morgan fingerprint density at radius 2 is 1.82 bits per heavy atom. The van der Waals surface area contributed by atoms with Gasteiger partial charge in [-0.05, 0) is 51.4 Å². The SMILES string of the molecule is Cc1cc(=O)oc2c(C)c(O)c(CN3CCCCCC3)cc12. The van der Waals surface area contributed by atoms with Crippen LogP contribution < -0.4 is 5.63 Å². The minimum absolute atomic E-state index is 0.255. The number of aryl methyl sites for hydroxylation is 2. The molecule has 22 heavy (non-hydrogen) atoms. The van der Waals surface area contributed by atoms with Crippen LogP contribution in [-0.2, 0) is 6.54 Å². The molecule has 1 aromatic heterocycles. The highest BCUT2D eigenvalue weighted by Crippen LogP contribution is 2.32. The van der Waals surface area contributed by atoms with Gasteiger partial charge in [0.1, 0.15) is 11.3 Å². The topological polar surface area (TPSA) is 53.7 Å². The number of likely N-dealkylation sites (tertiary alicyclic amines) is 1. The molecule has 1 aromatic carbocycles. The number of aromatic hydroxyl groups is 1. The fourth-order valence-corrected chi connectivity index (χ4v) is 3.32. The van der Waals surface area contributed by atoms with Crippen molar-refractivity contribution in [2.45, 2.75) is 46.1 Å². The monoisotopic (exact) mass is 301 g/mol. The molecule has 0 aliphatic carbocycles. The molecule has 0 saturated carbocycles. The van der Waals surface area contributed by atoms with Crippen LogP contribution in [0.15, 0.2) is 21.3 Å². The average molecular weight is 301 g/mol. The molecule has 0 radical (unpaired) electrons. The van der Waals surface area contributed by atoms with E-state index in [9.17, 15) is 9.90 Å². The Morgan fingerprint density at radius 3 is 2.50 bits per heavy atom. The molecule has 4 heteroatoms. The van der Waals surface area contributed by atoms with E-state index in [1.807, 2.05) is 19.9 Å². The highest BCUT2D eigenvalue weighted by atomic mass is 16.4. The summed E-state index contributed by atoms with van der Waals surface area (Å²) < 4.78 is 5.29. The van der Waals surface area contributed by atoms with Gasteiger partial charge in [-0.15, -0.1) is 0 Å². The lowest BCUT2D eigenvalue weighted by Crippen LogP contribution is -2.24. The van der Waals surface area contributed by atoms with Crippen molar-refractivity contribution in [2.24, 2.45) is 0 Å². The van der Waals surface area contributed by atoms with E-state index in [1.54, 1.807) is 0 Å². The molecule has 1 fully saturated rings. The van der Waals surface area contributed by atoms with Gasteiger partial charge in [0.05, 0.1) is 0 Å². The summed E-state index contributed by atoms with van der Waals surface area (Å²) in [7, 11) is 0. The van der Waals surface area contributed by atoms with Gasteiger partial charge in [-0.3, -0.25) is 4.90 Å². The second kappa shape index (κ2) is 6.13. The molecule has 0 spiro atoms. The van der Waals surface area contributed by atoms with Gasteiger partial charge >= 0.3 is 5.63 Å². The summed E-state index contributed by atoms with van der Waals surface area (Å²) in [5.74, 6) is 0.255. The molecule has 0 atom stereocenters. The van der Waals surface area contributed by atoms with Crippen LogP contribution in [-0.4, -0.2) is 23.1 Å². The third-order valence-corrected chi connectivity index (χ3v) is 4.62. The van der Waals surface area contributed by atoms with E-state index in [0.29, 0.717) is 11.1 Å². The van der Waals surface area contributed by atoms with Gasteiger partial charge in [0, 0.05) is 29.1 Å². The zero-order valence-electron chi connectivity index (χ0n) is 13.3. The Morgan fingerprint density at radius 1 is 1.14 bits per heavy atom. The summed E-state index contributed by atoms with van der Waals surface area (Å²) in [5, 5.41) is 11.4. The summed E-state index contributed by atoms with van der Waals surface area (Å²) >= 11 is 0. The second-order valence-corrected chi connectivity index (χ2v) is 6.32. The van der Waals surface area contributed by atoms with Crippen molar-refractivity contribution in [3.8, 4) is 5.75 Å². The van der Waals surface area contributed by atoms with Crippen molar-refractivity contribution in [1.29, 1.82) is 0 Å². The summed E-state index contributed by atoms with van der Waals surface area (Å²) in [6.45, 7) is 6.64. The highest BCUT2D eigenvalue weighted by molar-refractivity contribution is 5.85. The van der Waals surface area contributed by atoms with E-state index in [0.717, 1.165) is 36.1 Å². The fourth-order valence-electron chi connectivity index (χ4n) is 3.32. The quantitative estimate of drug-likeness (QED) is 0.863. The van der Waals surface area contributed by atoms with Crippen molar-refractivity contribution >= 4 is 11.0 Å². The minimum atomic E-state index is -0.368. The zero-order chi connectivity index (χ0) is 15.7. The molecule has 3 rings (SSSR count). The number of hydrogen-bond donors (Lipinski definition) is 1. The van der Waals surface area contributed by atoms with Crippen LogP contribution in [0, 0.1) is 13.8 Å². The highest BCUT2D eigenvalue weighted by Gasteiger charge is 2.17. The Balaban J connectivity index is 2.02. The first-order chi connectivity index (χ1) is 10.6. The van der Waals surface area contributed by atoms with Crippen LogP contribution in [0.3, 0.4) is 0 Å². The van der Waals surface area contributed by atoms with Gasteiger partial charge in [-0.25, -0.2) is 4.79 Å². The number of phenols is 1. The van der Waals surface area contributed by atoms with Gasteiger partial charge in [-0.1, -0.05) is 12.8 Å². The standard InChI is InChI=1S/C18H23NO3/c1-12-9-16(20)22-18-13(2)17(21)14(10-15(12)18)11-19-7-5-3-4-6-8-19/h9-10,21H,3-8,11H2,1-2H3. The summed E-state index contributed by atoms with van der Waals surface area (Å²) in [5.41, 5.74) is 2.60. The molecule has 0 bridgehead atoms. The average Bonchev–Trinajstić information content (AvgIpc) is 2.74. The molecule has 0 unspecified atom stereocenters. The number of rotatable bonds is 2. The molecular weight excluding hydrogens is 278 g/mol. The summed E-state index contributed by atoms with van der Waals surface area (Å²) in [4.78, 5) is 14.0. The maximum absolute atomic E-state index is 11.6. The lowest BCUT2D eigenvalue weighted by atomic mass is 10.0. The Kier molecular flexibility index (Phi) is 4.21. The molecule has 1 N–H and O–H groups in total. The second-order valence-electron chi connectivity index (χ2n) is 6.32. The van der Waals surface area contributed by atoms with Gasteiger partial charge in [0.15, 0.2) is 0 Å². The van der Waals surface area contributed by atoms with E-state index in [4.69, 9.17) is 4.42 Å². The number of hydrogen-bond acceptors (Lipinski definition) is 4. The first-order valence-electron chi connectivity index (χ1n) is 8.04. The Bertz CT molecular complexity index is 740. The smallest absolute Gasteiger partial charge is 0.336 e. The minimum Gasteiger partial charge on any atom is -0.507 e. The van der Waals surface area contributed by atoms with Crippen molar-refractivity contribution < 1.29 is 9.52 Å². The van der Waals surface area contributed by atoms with Crippen LogP contribution in [0.2, 0.25) is 0 Å². The van der Waals surface area contributed by atoms with Gasteiger partial charge in [0.2, 0.25) is 0 Å². The zero-order valence-corrected chi connectivity index (χ0v) is 13.3. The van der Waals surface area contributed by atoms with Crippen LogP contribution in [0.1, 0.15) is 42.4 Å². The van der Waals surface area contributed by atoms with Gasteiger partial charge in [-0.2, -0.15) is 0 Å². The van der Waals surface area contributed by atoms with Crippen molar-refractivity contribution in [3.63, 3.8) is 0 Å². The molecule has 4 nitrogen and oxygen atoms in total. The first-order valence-corrected chi connectivity index (χ1v) is 8.04. The maximum Gasteiger partial charge on any atom is 0.336 e. The number of fused-ring (bicyclic) bond motifs is 1. The van der Waals surface area contributed by atoms with Crippen molar-refractivity contribution in [1.82, 2.24) is 4.90 Å². The molecule has 2 aromatic rings. The lowest BCUT2D eigenvalue weighted by molar-refractivity contribution is 0.272. The van der Waals surface area contributed by atoms with E-state index >= 15 is 0 Å². The van der Waals surface area contributed by atoms with Crippen molar-refractivity contribution in [3.05, 3.63) is 39.2 Å². The van der Waals surface area contributed by atoms with Crippen molar-refractivity contribution in [2.75, 3.05) is 13.1 Å².